The van der Waals surface area contributed by atoms with Gasteiger partial charge in [-0.15, -0.1) is 0 Å². The van der Waals surface area contributed by atoms with Crippen LogP contribution in [0.4, 0.5) is 0 Å². The van der Waals surface area contributed by atoms with Gasteiger partial charge in [0.05, 0.1) is 18.2 Å². The van der Waals surface area contributed by atoms with Gasteiger partial charge in [-0.05, 0) is 54.3 Å². The summed E-state index contributed by atoms with van der Waals surface area (Å²) in [5.74, 6) is 0.230. The van der Waals surface area contributed by atoms with Gasteiger partial charge in [-0.3, -0.25) is 4.79 Å². The van der Waals surface area contributed by atoms with Crippen molar-refractivity contribution >= 4 is 22.1 Å². The predicted octanol–water partition coefficient (Wildman–Crippen LogP) is 4.04. The molecule has 0 aromatic heterocycles. The molecule has 2 N–H and O–H groups in total. The van der Waals surface area contributed by atoms with Crippen LogP contribution in [0.1, 0.15) is 30.5 Å². The number of amides is 1. The van der Waals surface area contributed by atoms with Crippen LogP contribution in [0.5, 0.6) is 11.5 Å². The summed E-state index contributed by atoms with van der Waals surface area (Å²) < 4.78 is 39.3. The van der Waals surface area contributed by atoms with Gasteiger partial charge in [0.25, 0.3) is 5.91 Å². The molecule has 0 aliphatic carbocycles. The molecule has 0 saturated carbocycles. The molecule has 8 nitrogen and oxygen atoms in total. The lowest BCUT2D eigenvalue weighted by Gasteiger charge is -2.20. The highest BCUT2D eigenvalue weighted by Gasteiger charge is 2.28. The summed E-state index contributed by atoms with van der Waals surface area (Å²) in [6, 6.07) is 20.5. The Kier molecular flexibility index (Phi) is 9.21. The number of hydrazone groups is 1. The summed E-state index contributed by atoms with van der Waals surface area (Å²) in [7, 11) is -2.33. The van der Waals surface area contributed by atoms with Crippen molar-refractivity contribution in [3.63, 3.8) is 0 Å². The van der Waals surface area contributed by atoms with Gasteiger partial charge >= 0.3 is 0 Å². The third-order valence-corrected chi connectivity index (χ3v) is 6.83. The number of nitrogens with one attached hydrogen (secondary N) is 2. The molecule has 0 spiro atoms. The van der Waals surface area contributed by atoms with Crippen molar-refractivity contribution in [2.45, 2.75) is 38.3 Å². The van der Waals surface area contributed by atoms with Crippen LogP contribution in [-0.4, -0.2) is 33.7 Å². The number of benzene rings is 3. The van der Waals surface area contributed by atoms with Crippen LogP contribution >= 0.6 is 0 Å². The van der Waals surface area contributed by atoms with E-state index in [1.54, 1.807) is 51.3 Å². The second-order valence-corrected chi connectivity index (χ2v) is 10.3. The lowest BCUT2D eigenvalue weighted by molar-refractivity contribution is -0.123. The fraction of sp³-hybridized carbons (Fsp3) is 0.259. The highest BCUT2D eigenvalue weighted by atomic mass is 32.2. The lowest BCUT2D eigenvalue weighted by Crippen LogP contribution is -2.48. The second kappa shape index (κ2) is 12.3. The molecule has 1 atom stereocenters. The molecule has 0 saturated heterocycles. The van der Waals surface area contributed by atoms with Gasteiger partial charge in [0.15, 0.2) is 11.5 Å². The first-order valence-electron chi connectivity index (χ1n) is 11.5. The highest BCUT2D eigenvalue weighted by Crippen LogP contribution is 2.28. The zero-order chi connectivity index (χ0) is 26.1. The third kappa shape index (κ3) is 7.40. The van der Waals surface area contributed by atoms with Crippen molar-refractivity contribution in [2.24, 2.45) is 11.0 Å². The average Bonchev–Trinajstić information content (AvgIpc) is 2.87. The molecular formula is C27H31N3O5S. The Labute approximate surface area is 212 Å². The van der Waals surface area contributed by atoms with Gasteiger partial charge in [0.1, 0.15) is 12.6 Å². The number of nitrogens with zero attached hydrogens (tertiary/aromatic N) is 1. The van der Waals surface area contributed by atoms with E-state index in [1.165, 1.54) is 18.3 Å². The number of rotatable bonds is 11. The first-order valence-corrected chi connectivity index (χ1v) is 12.9. The molecule has 0 radical (unpaired) electrons. The van der Waals surface area contributed by atoms with E-state index in [2.05, 4.69) is 15.2 Å². The topological polar surface area (TPSA) is 106 Å². The van der Waals surface area contributed by atoms with E-state index in [1.807, 2.05) is 37.3 Å². The lowest BCUT2D eigenvalue weighted by atomic mass is 10.1. The highest BCUT2D eigenvalue weighted by molar-refractivity contribution is 7.89. The quantitative estimate of drug-likeness (QED) is 0.300. The Morgan fingerprint density at radius 3 is 2.33 bits per heavy atom. The zero-order valence-corrected chi connectivity index (χ0v) is 21.6. The standard InChI is InChI=1S/C27H31N3O5S/c1-19(2)26(30-36(32,33)23-13-10-20(3)11-14-23)27(31)29-28-17-22-12-15-24(25(16-22)34-4)35-18-21-8-6-5-7-9-21/h5-17,19,26,30H,18H2,1-4H3,(H,29,31)/b28-17-/t26-/m0/s1. The first kappa shape index (κ1) is 26.9. The summed E-state index contributed by atoms with van der Waals surface area (Å²) in [5.41, 5.74) is 5.06. The molecular weight excluding hydrogens is 478 g/mol. The fourth-order valence-corrected chi connectivity index (χ4v) is 4.65. The maximum atomic E-state index is 12.7. The molecule has 0 unspecified atom stereocenters. The van der Waals surface area contributed by atoms with Crippen molar-refractivity contribution in [3.05, 3.63) is 89.5 Å². The van der Waals surface area contributed by atoms with Crippen LogP contribution in [0.3, 0.4) is 0 Å². The molecule has 0 aliphatic heterocycles. The molecule has 36 heavy (non-hydrogen) atoms. The van der Waals surface area contributed by atoms with Crippen LogP contribution in [0.15, 0.2) is 82.8 Å². The second-order valence-electron chi connectivity index (χ2n) is 8.57. The van der Waals surface area contributed by atoms with Gasteiger partial charge in [-0.1, -0.05) is 61.9 Å². The van der Waals surface area contributed by atoms with Gasteiger partial charge in [0.2, 0.25) is 10.0 Å². The van der Waals surface area contributed by atoms with Crippen molar-refractivity contribution in [2.75, 3.05) is 7.11 Å². The maximum Gasteiger partial charge on any atom is 0.258 e. The minimum Gasteiger partial charge on any atom is -0.493 e. The molecule has 0 aliphatic rings. The number of hydrogen-bond acceptors (Lipinski definition) is 6. The largest absolute Gasteiger partial charge is 0.493 e. The van der Waals surface area contributed by atoms with Crippen LogP contribution < -0.4 is 19.6 Å². The van der Waals surface area contributed by atoms with Crippen LogP contribution in [0.25, 0.3) is 0 Å². The Bertz CT molecular complexity index is 1290. The van der Waals surface area contributed by atoms with Gasteiger partial charge in [-0.2, -0.15) is 9.82 Å². The van der Waals surface area contributed by atoms with Crippen molar-refractivity contribution in [1.29, 1.82) is 0 Å². The van der Waals surface area contributed by atoms with E-state index < -0.39 is 22.0 Å². The number of sulfonamides is 1. The van der Waals surface area contributed by atoms with Crippen LogP contribution in [-0.2, 0) is 21.4 Å². The molecule has 0 bridgehead atoms. The first-order chi connectivity index (χ1) is 17.2. The number of carbonyl (C=O) groups excluding carboxylic acids is 1. The minimum atomic E-state index is -3.88. The van der Waals surface area contributed by atoms with E-state index in [0.29, 0.717) is 23.7 Å². The fourth-order valence-electron chi connectivity index (χ4n) is 3.30. The smallest absolute Gasteiger partial charge is 0.258 e. The average molecular weight is 510 g/mol. The molecule has 0 heterocycles. The van der Waals surface area contributed by atoms with E-state index in [-0.39, 0.29) is 10.8 Å². The number of carbonyl (C=O) groups is 1. The Balaban J connectivity index is 1.64. The number of hydrogen-bond donors (Lipinski definition) is 2. The summed E-state index contributed by atoms with van der Waals surface area (Å²) >= 11 is 0. The Morgan fingerprint density at radius 2 is 1.69 bits per heavy atom. The molecule has 190 valence electrons. The van der Waals surface area contributed by atoms with Crippen LogP contribution in [0.2, 0.25) is 0 Å². The van der Waals surface area contributed by atoms with Gasteiger partial charge in [0, 0.05) is 0 Å². The monoisotopic (exact) mass is 509 g/mol. The van der Waals surface area contributed by atoms with Crippen molar-refractivity contribution in [1.82, 2.24) is 10.1 Å². The molecule has 1 amide bonds. The summed E-state index contributed by atoms with van der Waals surface area (Å²) in [6.07, 6.45) is 1.45. The van der Waals surface area contributed by atoms with E-state index >= 15 is 0 Å². The maximum absolute atomic E-state index is 12.7. The summed E-state index contributed by atoms with van der Waals surface area (Å²) in [4.78, 5) is 12.8. The number of ether oxygens (including phenoxy) is 2. The summed E-state index contributed by atoms with van der Waals surface area (Å²) in [6.45, 7) is 5.78. The van der Waals surface area contributed by atoms with Gasteiger partial charge in [-0.25, -0.2) is 13.8 Å². The van der Waals surface area contributed by atoms with E-state index in [4.69, 9.17) is 9.47 Å². The van der Waals surface area contributed by atoms with Crippen molar-refractivity contribution in [3.8, 4) is 11.5 Å². The molecule has 9 heteroatoms. The predicted molar refractivity (Wildman–Crippen MR) is 140 cm³/mol. The van der Waals surface area contributed by atoms with Crippen molar-refractivity contribution < 1.29 is 22.7 Å². The van der Waals surface area contributed by atoms with Crippen LogP contribution in [0, 0.1) is 12.8 Å². The third-order valence-electron chi connectivity index (χ3n) is 5.38. The Hall–Kier alpha value is -3.69. The van der Waals surface area contributed by atoms with E-state index in [9.17, 15) is 13.2 Å². The normalized spacial score (nSPS) is 12.5. The van der Waals surface area contributed by atoms with E-state index in [0.717, 1.165) is 11.1 Å². The molecule has 3 aromatic rings. The minimum absolute atomic E-state index is 0.0942. The zero-order valence-electron chi connectivity index (χ0n) is 20.8. The summed E-state index contributed by atoms with van der Waals surface area (Å²) in [5, 5.41) is 4.00. The number of aryl methyl sites for hydroxylation is 1. The molecule has 0 fully saturated rings. The van der Waals surface area contributed by atoms with Gasteiger partial charge < -0.3 is 9.47 Å². The number of methoxy groups -OCH3 is 1. The molecule has 3 aromatic carbocycles. The SMILES string of the molecule is COc1cc(/C=N\NC(=O)[C@@H](NS(=O)(=O)c2ccc(C)cc2)C(C)C)ccc1OCc1ccccc1. The Morgan fingerprint density at radius 1 is 1.00 bits per heavy atom. The molecule has 3 rings (SSSR count).